The second kappa shape index (κ2) is 8.27. The molecule has 1 amide bonds. The summed E-state index contributed by atoms with van der Waals surface area (Å²) < 4.78 is 0. The lowest BCUT2D eigenvalue weighted by molar-refractivity contribution is -0.126. The highest BCUT2D eigenvalue weighted by atomic mass is 16.2. The summed E-state index contributed by atoms with van der Waals surface area (Å²) in [6.07, 6.45) is 12.2. The highest BCUT2D eigenvalue weighted by Gasteiger charge is 2.40. The van der Waals surface area contributed by atoms with Crippen LogP contribution in [0.2, 0.25) is 0 Å². The number of carbonyl (C=O) groups is 1. The zero-order valence-corrected chi connectivity index (χ0v) is 18.4. The predicted molar refractivity (Wildman–Crippen MR) is 118 cm³/mol. The van der Waals surface area contributed by atoms with Crippen molar-refractivity contribution in [2.24, 2.45) is 10.8 Å². The molecule has 1 heterocycles. The Morgan fingerprint density at radius 2 is 1.68 bits per heavy atom. The van der Waals surface area contributed by atoms with Gasteiger partial charge in [-0.05, 0) is 68.4 Å². The van der Waals surface area contributed by atoms with Gasteiger partial charge in [0, 0.05) is 12.6 Å². The van der Waals surface area contributed by atoms with Gasteiger partial charge in [0.2, 0.25) is 5.91 Å². The normalized spacial score (nSPS) is 23.8. The van der Waals surface area contributed by atoms with Gasteiger partial charge in [0.25, 0.3) is 0 Å². The Kier molecular flexibility index (Phi) is 6.17. The smallest absolute Gasteiger partial charge is 0.247 e. The van der Waals surface area contributed by atoms with Crippen molar-refractivity contribution in [2.45, 2.75) is 79.2 Å². The molecule has 28 heavy (non-hydrogen) atoms. The number of allylic oxidation sites excluding steroid dienone is 2. The fourth-order valence-corrected chi connectivity index (χ4v) is 4.62. The zero-order chi connectivity index (χ0) is 20.4. The highest BCUT2D eigenvalue weighted by Crippen LogP contribution is 2.48. The third kappa shape index (κ3) is 4.11. The Labute approximate surface area is 171 Å². The molecule has 0 unspecified atom stereocenters. The fraction of sp³-hybridized carbons (Fsp3) is 0.577. The zero-order valence-electron chi connectivity index (χ0n) is 18.4. The maximum atomic E-state index is 12.2. The van der Waals surface area contributed by atoms with Gasteiger partial charge >= 0.3 is 0 Å². The van der Waals surface area contributed by atoms with Crippen LogP contribution in [0.3, 0.4) is 0 Å². The average molecular weight is 380 g/mol. The van der Waals surface area contributed by atoms with Crippen molar-refractivity contribution in [3.05, 3.63) is 59.2 Å². The van der Waals surface area contributed by atoms with Crippen LogP contribution < -0.4 is 0 Å². The van der Waals surface area contributed by atoms with Crippen LogP contribution in [0.15, 0.2) is 53.6 Å². The van der Waals surface area contributed by atoms with E-state index in [1.165, 1.54) is 49.7 Å². The van der Waals surface area contributed by atoms with Crippen molar-refractivity contribution in [3.63, 3.8) is 0 Å². The van der Waals surface area contributed by atoms with Gasteiger partial charge in [0.05, 0.1) is 6.04 Å². The molecular formula is C26H37NO. The van der Waals surface area contributed by atoms with E-state index >= 15 is 0 Å². The topological polar surface area (TPSA) is 20.3 Å². The predicted octanol–water partition coefficient (Wildman–Crippen LogP) is 6.85. The van der Waals surface area contributed by atoms with Crippen LogP contribution in [0.4, 0.5) is 0 Å². The van der Waals surface area contributed by atoms with Crippen molar-refractivity contribution in [3.8, 4) is 0 Å². The van der Waals surface area contributed by atoms with Crippen molar-refractivity contribution >= 4 is 5.91 Å². The van der Waals surface area contributed by atoms with Crippen molar-refractivity contribution in [2.75, 3.05) is 6.54 Å². The molecular weight excluding hydrogens is 342 g/mol. The lowest BCUT2D eigenvalue weighted by Crippen LogP contribution is -2.33. The lowest BCUT2D eigenvalue weighted by atomic mass is 9.66. The van der Waals surface area contributed by atoms with Crippen LogP contribution in [-0.2, 0) is 4.79 Å². The molecule has 0 saturated heterocycles. The van der Waals surface area contributed by atoms with Crippen LogP contribution in [0.25, 0.3) is 0 Å². The molecule has 2 fully saturated rings. The summed E-state index contributed by atoms with van der Waals surface area (Å²) in [5, 5.41) is 0. The standard InChI is InChI=1S/C17H21NO.C9H16/c1-13(14-7-4-3-5-8-14)18-12-15(11-16(18)19)17(2)9-6-10-17;1-4-8(2)9(3)6-5-7-9/h3-5,7-8,11,13H,6,9-10,12H2,1-2H3;4H,5-7H2,1-3H3/b;8-4+/t13-;/m0./s1. The summed E-state index contributed by atoms with van der Waals surface area (Å²) in [6.45, 7) is 12.0. The van der Waals surface area contributed by atoms with Crippen LogP contribution in [0.5, 0.6) is 0 Å². The molecule has 1 aromatic rings. The monoisotopic (exact) mass is 379 g/mol. The second-order valence-corrected chi connectivity index (χ2v) is 9.52. The fourth-order valence-electron chi connectivity index (χ4n) is 4.62. The van der Waals surface area contributed by atoms with Crippen LogP contribution >= 0.6 is 0 Å². The minimum Gasteiger partial charge on any atom is -0.328 e. The summed E-state index contributed by atoms with van der Waals surface area (Å²) in [7, 11) is 0. The van der Waals surface area contributed by atoms with Gasteiger partial charge in [-0.15, -0.1) is 0 Å². The van der Waals surface area contributed by atoms with E-state index in [0.717, 1.165) is 6.54 Å². The molecule has 2 nitrogen and oxygen atoms in total. The first kappa shape index (κ1) is 20.9. The van der Waals surface area contributed by atoms with Gasteiger partial charge in [-0.2, -0.15) is 0 Å². The number of hydrogen-bond donors (Lipinski definition) is 0. The maximum Gasteiger partial charge on any atom is 0.247 e. The van der Waals surface area contributed by atoms with Gasteiger partial charge in [-0.3, -0.25) is 4.79 Å². The first-order valence-corrected chi connectivity index (χ1v) is 11.0. The molecule has 1 atom stereocenters. The number of hydrogen-bond acceptors (Lipinski definition) is 1. The Morgan fingerprint density at radius 1 is 1.07 bits per heavy atom. The third-order valence-electron chi connectivity index (χ3n) is 7.75. The van der Waals surface area contributed by atoms with E-state index in [9.17, 15) is 4.79 Å². The molecule has 2 heteroatoms. The first-order valence-electron chi connectivity index (χ1n) is 11.0. The molecule has 4 rings (SSSR count). The Bertz CT molecular complexity index is 750. The van der Waals surface area contributed by atoms with E-state index in [1.807, 2.05) is 29.2 Å². The molecule has 2 saturated carbocycles. The Morgan fingerprint density at radius 3 is 2.11 bits per heavy atom. The number of nitrogens with zero attached hydrogens (tertiary/aromatic N) is 1. The summed E-state index contributed by atoms with van der Waals surface area (Å²) >= 11 is 0. The van der Waals surface area contributed by atoms with E-state index in [0.29, 0.717) is 10.8 Å². The number of benzene rings is 1. The number of rotatable bonds is 4. The molecule has 0 spiro atoms. The van der Waals surface area contributed by atoms with E-state index in [2.05, 4.69) is 52.8 Å². The van der Waals surface area contributed by atoms with E-state index in [-0.39, 0.29) is 11.9 Å². The van der Waals surface area contributed by atoms with E-state index in [4.69, 9.17) is 0 Å². The Balaban J connectivity index is 0.000000211. The minimum atomic E-state index is 0.158. The van der Waals surface area contributed by atoms with Crippen molar-refractivity contribution < 1.29 is 4.79 Å². The Hall–Kier alpha value is -1.83. The molecule has 0 radical (unpaired) electrons. The van der Waals surface area contributed by atoms with E-state index < -0.39 is 0 Å². The first-order chi connectivity index (χ1) is 13.3. The maximum absolute atomic E-state index is 12.2. The lowest BCUT2D eigenvalue weighted by Gasteiger charge is -2.40. The van der Waals surface area contributed by atoms with Crippen LogP contribution in [-0.4, -0.2) is 17.4 Å². The number of carbonyl (C=O) groups excluding carboxylic acids is 1. The largest absolute Gasteiger partial charge is 0.328 e. The second-order valence-electron chi connectivity index (χ2n) is 9.52. The summed E-state index contributed by atoms with van der Waals surface area (Å²) in [5.41, 5.74) is 5.01. The molecule has 3 aliphatic rings. The van der Waals surface area contributed by atoms with Gasteiger partial charge in [0.1, 0.15) is 0 Å². The van der Waals surface area contributed by atoms with E-state index in [1.54, 1.807) is 5.57 Å². The van der Waals surface area contributed by atoms with Gasteiger partial charge in [-0.25, -0.2) is 0 Å². The molecule has 2 aliphatic carbocycles. The van der Waals surface area contributed by atoms with Crippen molar-refractivity contribution in [1.29, 1.82) is 0 Å². The summed E-state index contributed by atoms with van der Waals surface area (Å²) in [4.78, 5) is 14.2. The SMILES string of the molecule is C/C=C(\C)C1(C)CCC1.C[C@@H](c1ccccc1)N1CC(C2(C)CCC2)=CC1=O. The average Bonchev–Trinajstić information content (AvgIpc) is 3.06. The minimum absolute atomic E-state index is 0.158. The molecule has 0 N–H and O–H groups in total. The van der Waals surface area contributed by atoms with Gasteiger partial charge in [0.15, 0.2) is 0 Å². The van der Waals surface area contributed by atoms with Gasteiger partial charge in [-0.1, -0.05) is 68.7 Å². The molecule has 1 aliphatic heterocycles. The third-order valence-corrected chi connectivity index (χ3v) is 7.75. The molecule has 152 valence electrons. The molecule has 0 aromatic heterocycles. The summed E-state index contributed by atoms with van der Waals surface area (Å²) in [5.74, 6) is 0.180. The molecule has 0 bridgehead atoms. The quantitative estimate of drug-likeness (QED) is 0.524. The van der Waals surface area contributed by atoms with Crippen molar-refractivity contribution in [1.82, 2.24) is 4.90 Å². The van der Waals surface area contributed by atoms with Crippen LogP contribution in [0, 0.1) is 10.8 Å². The van der Waals surface area contributed by atoms with Crippen LogP contribution in [0.1, 0.15) is 84.7 Å². The summed E-state index contributed by atoms with van der Waals surface area (Å²) in [6, 6.07) is 10.4. The molecule has 1 aromatic carbocycles. The highest BCUT2D eigenvalue weighted by molar-refractivity contribution is 5.92. The number of amides is 1. The van der Waals surface area contributed by atoms with Gasteiger partial charge < -0.3 is 4.90 Å².